The van der Waals surface area contributed by atoms with E-state index in [0.29, 0.717) is 24.4 Å². The van der Waals surface area contributed by atoms with Crippen molar-refractivity contribution in [2.75, 3.05) is 13.6 Å². The van der Waals surface area contributed by atoms with E-state index in [1.807, 2.05) is 11.9 Å². The minimum absolute atomic E-state index is 0.179. The molecule has 0 saturated heterocycles. The molecule has 0 N–H and O–H groups in total. The summed E-state index contributed by atoms with van der Waals surface area (Å²) in [6, 6.07) is 0.334. The molecule has 1 heterocycles. The molecule has 0 aromatic heterocycles. The van der Waals surface area contributed by atoms with Crippen LogP contribution in [0.2, 0.25) is 0 Å². The van der Waals surface area contributed by atoms with E-state index in [0.717, 1.165) is 19.3 Å². The Labute approximate surface area is 126 Å². The first-order chi connectivity index (χ1) is 9.66. The Morgan fingerprint density at radius 3 is 2.65 bits per heavy atom. The predicted octanol–water partition coefficient (Wildman–Crippen LogP) is 3.26. The first-order valence-electron chi connectivity index (χ1n) is 8.10. The lowest BCUT2D eigenvalue weighted by Gasteiger charge is -2.40. The monoisotopic (exact) mass is 296 g/mol. The Hall–Kier alpha value is -0.570. The Kier molecular flexibility index (Phi) is 4.34. The van der Waals surface area contributed by atoms with E-state index in [2.05, 4.69) is 0 Å². The van der Waals surface area contributed by atoms with E-state index in [9.17, 15) is 4.79 Å². The molecule has 3 unspecified atom stereocenters. The maximum atomic E-state index is 12.2. The Morgan fingerprint density at radius 1 is 1.15 bits per heavy atom. The number of halogens is 1. The van der Waals surface area contributed by atoms with Gasteiger partial charge < -0.3 is 4.90 Å². The van der Waals surface area contributed by atoms with E-state index in [4.69, 9.17) is 16.6 Å². The second-order valence-corrected chi connectivity index (χ2v) is 7.28. The Bertz CT molecular complexity index is 403. The third-order valence-electron chi connectivity index (χ3n) is 5.44. The van der Waals surface area contributed by atoms with Gasteiger partial charge in [-0.15, -0.1) is 11.6 Å². The molecule has 4 heteroatoms. The van der Waals surface area contributed by atoms with Crippen molar-refractivity contribution in [1.29, 1.82) is 0 Å². The van der Waals surface area contributed by atoms with Crippen molar-refractivity contribution in [1.82, 2.24) is 4.90 Å². The number of hydrogen-bond acceptors (Lipinski definition) is 2. The predicted molar refractivity (Wildman–Crippen MR) is 82.4 cm³/mol. The first kappa shape index (κ1) is 14.4. The average molecular weight is 297 g/mol. The lowest BCUT2D eigenvalue weighted by molar-refractivity contribution is -0.131. The lowest BCUT2D eigenvalue weighted by Crippen LogP contribution is -2.47. The van der Waals surface area contributed by atoms with Crippen molar-refractivity contribution in [3.05, 3.63) is 0 Å². The van der Waals surface area contributed by atoms with Crippen LogP contribution >= 0.6 is 11.6 Å². The molecule has 3 rings (SSSR count). The molecular weight excluding hydrogens is 272 g/mol. The standard InChI is InChI=1S/C16H25ClN2O/c1-19-14-8-7-12(17)9-13(14)16(18-10-15(19)20)11-5-3-2-4-6-11/h11-14H,2-10H2,1H3. The summed E-state index contributed by atoms with van der Waals surface area (Å²) in [5, 5.41) is 0.256. The van der Waals surface area contributed by atoms with Crippen molar-refractivity contribution in [2.45, 2.75) is 62.8 Å². The van der Waals surface area contributed by atoms with Crippen LogP contribution in [-0.4, -0.2) is 41.5 Å². The van der Waals surface area contributed by atoms with E-state index >= 15 is 0 Å². The summed E-state index contributed by atoms with van der Waals surface area (Å²) >= 11 is 6.42. The third kappa shape index (κ3) is 2.74. The van der Waals surface area contributed by atoms with Crippen molar-refractivity contribution in [2.24, 2.45) is 16.8 Å². The van der Waals surface area contributed by atoms with Gasteiger partial charge in [0.2, 0.25) is 5.91 Å². The number of carbonyl (C=O) groups is 1. The van der Waals surface area contributed by atoms with Crippen LogP contribution in [0.5, 0.6) is 0 Å². The third-order valence-corrected chi connectivity index (χ3v) is 5.84. The molecule has 112 valence electrons. The maximum absolute atomic E-state index is 12.2. The van der Waals surface area contributed by atoms with E-state index in [-0.39, 0.29) is 11.3 Å². The average Bonchev–Trinajstić information content (AvgIpc) is 2.58. The highest BCUT2D eigenvalue weighted by molar-refractivity contribution is 6.20. The van der Waals surface area contributed by atoms with Gasteiger partial charge in [-0.25, -0.2) is 0 Å². The van der Waals surface area contributed by atoms with Gasteiger partial charge in [0.05, 0.1) is 0 Å². The number of nitrogens with zero attached hydrogens (tertiary/aromatic N) is 2. The van der Waals surface area contributed by atoms with Gasteiger partial charge in [0, 0.05) is 30.1 Å². The quantitative estimate of drug-likeness (QED) is 0.684. The largest absolute Gasteiger partial charge is 0.341 e. The zero-order valence-corrected chi connectivity index (χ0v) is 13.1. The number of hydrogen-bond donors (Lipinski definition) is 0. The van der Waals surface area contributed by atoms with Crippen molar-refractivity contribution >= 4 is 23.2 Å². The SMILES string of the molecule is CN1C(=O)CN=C(C2CCCCC2)C2CC(Cl)CCC21. The fourth-order valence-electron chi connectivity index (χ4n) is 4.29. The number of aliphatic imine (C=N–C) groups is 1. The van der Waals surface area contributed by atoms with E-state index < -0.39 is 0 Å². The smallest absolute Gasteiger partial charge is 0.244 e. The summed E-state index contributed by atoms with van der Waals surface area (Å²) < 4.78 is 0. The zero-order chi connectivity index (χ0) is 14.1. The van der Waals surface area contributed by atoms with Gasteiger partial charge in [-0.1, -0.05) is 19.3 Å². The van der Waals surface area contributed by atoms with Crippen LogP contribution in [0.4, 0.5) is 0 Å². The van der Waals surface area contributed by atoms with E-state index in [1.54, 1.807) is 0 Å². The minimum atomic E-state index is 0.179. The molecular formula is C16H25ClN2O. The highest BCUT2D eigenvalue weighted by atomic mass is 35.5. The summed E-state index contributed by atoms with van der Waals surface area (Å²) in [6.07, 6.45) is 9.56. The first-order valence-corrected chi connectivity index (χ1v) is 8.54. The molecule has 0 aromatic rings. The van der Waals surface area contributed by atoms with Crippen LogP contribution in [0.1, 0.15) is 51.4 Å². The molecule has 1 amide bonds. The normalized spacial score (nSPS) is 36.3. The molecule has 2 fully saturated rings. The summed E-state index contributed by atoms with van der Waals surface area (Å²) in [4.78, 5) is 18.9. The fraction of sp³-hybridized carbons (Fsp3) is 0.875. The Morgan fingerprint density at radius 2 is 1.90 bits per heavy atom. The molecule has 3 atom stereocenters. The van der Waals surface area contributed by atoms with Crippen molar-refractivity contribution < 1.29 is 4.79 Å². The van der Waals surface area contributed by atoms with Crippen LogP contribution in [0.3, 0.4) is 0 Å². The van der Waals surface area contributed by atoms with Gasteiger partial charge in [-0.05, 0) is 38.0 Å². The Balaban J connectivity index is 1.87. The molecule has 3 aliphatic rings. The van der Waals surface area contributed by atoms with Crippen LogP contribution in [0, 0.1) is 11.8 Å². The lowest BCUT2D eigenvalue weighted by atomic mass is 9.73. The summed E-state index contributed by atoms with van der Waals surface area (Å²) in [7, 11) is 1.95. The molecule has 0 radical (unpaired) electrons. The second-order valence-electron chi connectivity index (χ2n) is 6.66. The zero-order valence-electron chi connectivity index (χ0n) is 12.4. The number of amides is 1. The summed E-state index contributed by atoms with van der Waals surface area (Å²) in [5.74, 6) is 1.20. The topological polar surface area (TPSA) is 32.7 Å². The maximum Gasteiger partial charge on any atom is 0.244 e. The molecule has 2 aliphatic carbocycles. The second kappa shape index (κ2) is 6.05. The molecule has 2 saturated carbocycles. The number of rotatable bonds is 1. The van der Waals surface area contributed by atoms with Gasteiger partial charge in [0.1, 0.15) is 6.54 Å². The minimum Gasteiger partial charge on any atom is -0.341 e. The highest BCUT2D eigenvalue weighted by Gasteiger charge is 2.40. The van der Waals surface area contributed by atoms with Crippen molar-refractivity contribution in [3.8, 4) is 0 Å². The van der Waals surface area contributed by atoms with Crippen LogP contribution in [0.15, 0.2) is 4.99 Å². The number of carbonyl (C=O) groups excluding carboxylic acids is 1. The molecule has 1 aliphatic heterocycles. The van der Waals surface area contributed by atoms with E-state index in [1.165, 1.54) is 37.8 Å². The molecule has 0 spiro atoms. The van der Waals surface area contributed by atoms with Gasteiger partial charge in [0.15, 0.2) is 0 Å². The summed E-state index contributed by atoms with van der Waals surface area (Å²) in [6.45, 7) is 0.349. The van der Waals surface area contributed by atoms with Crippen LogP contribution < -0.4 is 0 Å². The fourth-order valence-corrected chi connectivity index (χ4v) is 4.61. The van der Waals surface area contributed by atoms with Gasteiger partial charge >= 0.3 is 0 Å². The number of alkyl halides is 1. The summed E-state index contributed by atoms with van der Waals surface area (Å²) in [5.41, 5.74) is 1.33. The number of fused-ring (bicyclic) bond motifs is 1. The van der Waals surface area contributed by atoms with Crippen LogP contribution in [-0.2, 0) is 4.79 Å². The van der Waals surface area contributed by atoms with Crippen LogP contribution in [0.25, 0.3) is 0 Å². The van der Waals surface area contributed by atoms with Gasteiger partial charge in [-0.2, -0.15) is 0 Å². The molecule has 3 nitrogen and oxygen atoms in total. The highest BCUT2D eigenvalue weighted by Crippen LogP contribution is 2.38. The van der Waals surface area contributed by atoms with Crippen molar-refractivity contribution in [3.63, 3.8) is 0 Å². The molecule has 0 bridgehead atoms. The molecule has 20 heavy (non-hydrogen) atoms. The van der Waals surface area contributed by atoms with Gasteiger partial charge in [0.25, 0.3) is 0 Å². The van der Waals surface area contributed by atoms with Gasteiger partial charge in [-0.3, -0.25) is 9.79 Å². The number of likely N-dealkylation sites (N-methyl/N-ethyl adjacent to an activating group) is 1. The molecule has 0 aromatic carbocycles.